The van der Waals surface area contributed by atoms with E-state index in [1.807, 2.05) is 6.07 Å². The number of H-pyrrole nitrogens is 1. The van der Waals surface area contributed by atoms with E-state index in [2.05, 4.69) is 15.3 Å². The van der Waals surface area contributed by atoms with Crippen molar-refractivity contribution in [3.05, 3.63) is 40.8 Å². The molecule has 6 nitrogen and oxygen atoms in total. The Balaban J connectivity index is 1.73. The third-order valence-electron chi connectivity index (χ3n) is 5.22. The van der Waals surface area contributed by atoms with Gasteiger partial charge in [0.25, 0.3) is 5.91 Å². The number of ether oxygens (including phenoxy) is 1. The van der Waals surface area contributed by atoms with Gasteiger partial charge < -0.3 is 15.0 Å². The number of nitrogens with one attached hydrogen (secondary N) is 2. The minimum absolute atomic E-state index is 0.0605. The predicted molar refractivity (Wildman–Crippen MR) is 105 cm³/mol. The summed E-state index contributed by atoms with van der Waals surface area (Å²) in [6.45, 7) is 5.71. The van der Waals surface area contributed by atoms with Gasteiger partial charge in [0.15, 0.2) is 17.4 Å². The number of nitrogens with zero attached hydrogens (tertiary/aromatic N) is 1. The molecule has 0 spiro atoms. The van der Waals surface area contributed by atoms with Gasteiger partial charge in [0.05, 0.1) is 6.61 Å². The van der Waals surface area contributed by atoms with E-state index in [4.69, 9.17) is 4.74 Å². The fraction of sp³-hybridized carbons (Fsp3) is 0.476. The third-order valence-corrected chi connectivity index (χ3v) is 5.22. The van der Waals surface area contributed by atoms with Gasteiger partial charge in [-0.05, 0) is 57.2 Å². The second kappa shape index (κ2) is 8.37. The molecule has 1 aliphatic carbocycles. The van der Waals surface area contributed by atoms with Crippen LogP contribution in [0.5, 0.6) is 5.75 Å². The molecule has 1 aliphatic rings. The molecule has 1 saturated carbocycles. The summed E-state index contributed by atoms with van der Waals surface area (Å²) >= 11 is 0. The van der Waals surface area contributed by atoms with Crippen molar-refractivity contribution < 1.29 is 14.3 Å². The van der Waals surface area contributed by atoms with Gasteiger partial charge in [-0.15, -0.1) is 0 Å². The Hall–Kier alpha value is -2.63. The monoisotopic (exact) mass is 369 g/mol. The Morgan fingerprint density at radius 1 is 1.26 bits per heavy atom. The van der Waals surface area contributed by atoms with Crippen molar-refractivity contribution in [1.29, 1.82) is 0 Å². The molecule has 1 amide bonds. The summed E-state index contributed by atoms with van der Waals surface area (Å²) in [6, 6.07) is 3.61. The van der Waals surface area contributed by atoms with Crippen molar-refractivity contribution >= 4 is 17.5 Å². The van der Waals surface area contributed by atoms with Crippen molar-refractivity contribution in [2.45, 2.75) is 52.9 Å². The van der Waals surface area contributed by atoms with Gasteiger partial charge in [-0.3, -0.25) is 9.59 Å². The number of aryl methyl sites for hydroxylation is 1. The van der Waals surface area contributed by atoms with Gasteiger partial charge in [0.2, 0.25) is 0 Å². The highest BCUT2D eigenvalue weighted by Gasteiger charge is 2.21. The average Bonchev–Trinajstić information content (AvgIpc) is 2.96. The zero-order valence-electron chi connectivity index (χ0n) is 16.2. The fourth-order valence-corrected chi connectivity index (χ4v) is 3.84. The Bertz CT molecular complexity index is 835. The quantitative estimate of drug-likeness (QED) is 0.737. The standard InChI is InChI=1S/C21H27N3O3/c1-13-18(15(3)25)14(2)23-19(13)21(26)24-20-17(10-7-11-22-20)27-12-16-8-5-4-6-9-16/h7,10-11,16,23H,4-6,8-9,12H2,1-3H3,(H,22,24,26). The zero-order chi connectivity index (χ0) is 19.4. The smallest absolute Gasteiger partial charge is 0.273 e. The largest absolute Gasteiger partial charge is 0.489 e. The molecule has 0 radical (unpaired) electrons. The maximum atomic E-state index is 12.7. The summed E-state index contributed by atoms with van der Waals surface area (Å²) in [7, 11) is 0. The van der Waals surface area contributed by atoms with Crippen molar-refractivity contribution in [1.82, 2.24) is 9.97 Å². The van der Waals surface area contributed by atoms with E-state index >= 15 is 0 Å². The molecule has 0 unspecified atom stereocenters. The molecule has 0 aliphatic heterocycles. The molecular formula is C21H27N3O3. The van der Waals surface area contributed by atoms with Crippen LogP contribution in [0.4, 0.5) is 5.82 Å². The Morgan fingerprint density at radius 3 is 2.67 bits per heavy atom. The average molecular weight is 369 g/mol. The summed E-state index contributed by atoms with van der Waals surface area (Å²) in [5, 5.41) is 2.82. The van der Waals surface area contributed by atoms with Crippen LogP contribution in [0.25, 0.3) is 0 Å². The number of aromatic amines is 1. The van der Waals surface area contributed by atoms with Crippen molar-refractivity contribution in [2.75, 3.05) is 11.9 Å². The van der Waals surface area contributed by atoms with E-state index < -0.39 is 0 Å². The Morgan fingerprint density at radius 2 is 2.00 bits per heavy atom. The highest BCUT2D eigenvalue weighted by atomic mass is 16.5. The third kappa shape index (κ3) is 4.38. The molecule has 0 bridgehead atoms. The van der Waals surface area contributed by atoms with Crippen LogP contribution in [0.15, 0.2) is 18.3 Å². The highest BCUT2D eigenvalue weighted by Crippen LogP contribution is 2.27. The van der Waals surface area contributed by atoms with E-state index in [1.165, 1.54) is 39.0 Å². The maximum absolute atomic E-state index is 12.7. The lowest BCUT2D eigenvalue weighted by molar-refractivity contribution is 0.101. The number of rotatable bonds is 6. The second-order valence-corrected chi connectivity index (χ2v) is 7.30. The zero-order valence-corrected chi connectivity index (χ0v) is 16.2. The predicted octanol–water partition coefficient (Wildman–Crippen LogP) is 4.44. The number of hydrogen-bond acceptors (Lipinski definition) is 4. The molecular weight excluding hydrogens is 342 g/mol. The number of pyridine rings is 1. The molecule has 0 aromatic carbocycles. The summed E-state index contributed by atoms with van der Waals surface area (Å²) < 4.78 is 5.97. The van der Waals surface area contributed by atoms with Crippen LogP contribution in [0.1, 0.15) is 71.1 Å². The fourth-order valence-electron chi connectivity index (χ4n) is 3.84. The number of carbonyl (C=O) groups is 2. The number of amides is 1. The lowest BCUT2D eigenvalue weighted by Gasteiger charge is -2.22. The van der Waals surface area contributed by atoms with E-state index in [1.54, 1.807) is 26.1 Å². The van der Waals surface area contributed by atoms with Crippen LogP contribution in [-0.4, -0.2) is 28.3 Å². The summed E-state index contributed by atoms with van der Waals surface area (Å²) in [5.41, 5.74) is 2.29. The lowest BCUT2D eigenvalue weighted by atomic mass is 9.90. The molecule has 2 heterocycles. The minimum Gasteiger partial charge on any atom is -0.489 e. The molecule has 0 saturated heterocycles. The van der Waals surface area contributed by atoms with Gasteiger partial charge >= 0.3 is 0 Å². The molecule has 27 heavy (non-hydrogen) atoms. The molecule has 2 aromatic rings. The summed E-state index contributed by atoms with van der Waals surface area (Å²) in [5.74, 6) is 1.14. The number of Topliss-reactive ketones (excluding diaryl/α,β-unsaturated/α-hetero) is 1. The van der Waals surface area contributed by atoms with E-state index in [9.17, 15) is 9.59 Å². The van der Waals surface area contributed by atoms with Crippen molar-refractivity contribution in [2.24, 2.45) is 5.92 Å². The number of ketones is 1. The SMILES string of the molecule is CC(=O)c1c(C)[nH]c(C(=O)Nc2ncccc2OCC2CCCCC2)c1C. The first-order valence-electron chi connectivity index (χ1n) is 9.56. The molecule has 3 rings (SSSR count). The van der Waals surface area contributed by atoms with Crippen LogP contribution < -0.4 is 10.1 Å². The van der Waals surface area contributed by atoms with Gasteiger partial charge in [-0.2, -0.15) is 0 Å². The van der Waals surface area contributed by atoms with E-state index in [-0.39, 0.29) is 11.7 Å². The highest BCUT2D eigenvalue weighted by molar-refractivity contribution is 6.07. The van der Waals surface area contributed by atoms with Crippen LogP contribution in [0.2, 0.25) is 0 Å². The van der Waals surface area contributed by atoms with Crippen LogP contribution in [-0.2, 0) is 0 Å². The van der Waals surface area contributed by atoms with Crippen LogP contribution >= 0.6 is 0 Å². The molecule has 2 N–H and O–H groups in total. The Labute approximate surface area is 159 Å². The first-order valence-corrected chi connectivity index (χ1v) is 9.56. The first-order chi connectivity index (χ1) is 13.0. The molecule has 1 fully saturated rings. The number of carbonyl (C=O) groups excluding carboxylic acids is 2. The summed E-state index contributed by atoms with van der Waals surface area (Å²) in [4.78, 5) is 31.8. The number of anilines is 1. The van der Waals surface area contributed by atoms with Crippen LogP contribution in [0.3, 0.4) is 0 Å². The lowest BCUT2D eigenvalue weighted by Crippen LogP contribution is -2.18. The second-order valence-electron chi connectivity index (χ2n) is 7.30. The normalized spacial score (nSPS) is 14.8. The number of aromatic nitrogens is 2. The molecule has 6 heteroatoms. The first kappa shape index (κ1) is 19.1. The van der Waals surface area contributed by atoms with Gasteiger partial charge in [-0.1, -0.05) is 19.3 Å². The maximum Gasteiger partial charge on any atom is 0.273 e. The van der Waals surface area contributed by atoms with Crippen LogP contribution in [0, 0.1) is 19.8 Å². The summed E-state index contributed by atoms with van der Waals surface area (Å²) in [6.07, 6.45) is 7.83. The van der Waals surface area contributed by atoms with Gasteiger partial charge in [0.1, 0.15) is 5.69 Å². The Kier molecular flexibility index (Phi) is 5.94. The van der Waals surface area contributed by atoms with E-state index in [0.717, 1.165) is 0 Å². The minimum atomic E-state index is -0.329. The molecule has 144 valence electrons. The van der Waals surface area contributed by atoms with Gasteiger partial charge in [0, 0.05) is 17.5 Å². The van der Waals surface area contributed by atoms with Crippen molar-refractivity contribution in [3.63, 3.8) is 0 Å². The molecule has 2 aromatic heterocycles. The van der Waals surface area contributed by atoms with E-state index in [0.29, 0.717) is 46.6 Å². The topological polar surface area (TPSA) is 84.1 Å². The van der Waals surface area contributed by atoms with Gasteiger partial charge in [-0.25, -0.2) is 4.98 Å². The van der Waals surface area contributed by atoms with Crippen molar-refractivity contribution in [3.8, 4) is 5.75 Å². The molecule has 0 atom stereocenters. The number of hydrogen-bond donors (Lipinski definition) is 2.